The van der Waals surface area contributed by atoms with Gasteiger partial charge in [0, 0.05) is 0 Å². The number of alkyl halides is 3. The molecule has 0 amide bonds. The van der Waals surface area contributed by atoms with Crippen LogP contribution in [-0.2, 0) is 6.18 Å². The van der Waals surface area contributed by atoms with Crippen LogP contribution in [0.4, 0.5) is 13.2 Å². The molecule has 3 heteroatoms. The molecule has 0 spiro atoms. The molecule has 0 N–H and O–H groups in total. The topological polar surface area (TPSA) is 0 Å². The fourth-order valence-corrected chi connectivity index (χ4v) is 1.77. The maximum absolute atomic E-state index is 12.6. The van der Waals surface area contributed by atoms with Crippen molar-refractivity contribution in [3.63, 3.8) is 0 Å². The van der Waals surface area contributed by atoms with E-state index in [1.165, 1.54) is 6.07 Å². The first-order chi connectivity index (χ1) is 6.96. The van der Waals surface area contributed by atoms with Crippen LogP contribution in [0.5, 0.6) is 0 Å². The molecule has 1 rings (SSSR count). The molecule has 0 aliphatic heterocycles. The Morgan fingerprint density at radius 2 is 1.80 bits per heavy atom. The standard InChI is InChI=1S/C12H15F3/c1-3-6-9(2)10-7-4-5-8-11(10)12(13,14)15/h4-5,7-9H,3,6H2,1-2H3/t9-/m1/s1. The summed E-state index contributed by atoms with van der Waals surface area (Å²) < 4.78 is 37.9. The maximum Gasteiger partial charge on any atom is 0.416 e. The molecule has 0 aliphatic carbocycles. The van der Waals surface area contributed by atoms with Gasteiger partial charge in [0.2, 0.25) is 0 Å². The fraction of sp³-hybridized carbons (Fsp3) is 0.500. The molecular weight excluding hydrogens is 201 g/mol. The lowest BCUT2D eigenvalue weighted by molar-refractivity contribution is -0.138. The molecule has 15 heavy (non-hydrogen) atoms. The first kappa shape index (κ1) is 12.1. The Bertz CT molecular complexity index is 315. The Labute approximate surface area is 88.1 Å². The molecule has 1 aromatic carbocycles. The third kappa shape index (κ3) is 2.98. The van der Waals surface area contributed by atoms with Crippen LogP contribution in [0.1, 0.15) is 43.7 Å². The summed E-state index contributed by atoms with van der Waals surface area (Å²) in [4.78, 5) is 0. The molecule has 0 saturated heterocycles. The van der Waals surface area contributed by atoms with Gasteiger partial charge in [0.25, 0.3) is 0 Å². The van der Waals surface area contributed by atoms with Gasteiger partial charge in [0.1, 0.15) is 0 Å². The Morgan fingerprint density at radius 1 is 1.20 bits per heavy atom. The van der Waals surface area contributed by atoms with Crippen LogP contribution in [0.3, 0.4) is 0 Å². The Balaban J connectivity index is 3.06. The maximum atomic E-state index is 12.6. The van der Waals surface area contributed by atoms with Gasteiger partial charge < -0.3 is 0 Å². The van der Waals surface area contributed by atoms with Gasteiger partial charge in [-0.1, -0.05) is 38.5 Å². The number of hydrogen-bond donors (Lipinski definition) is 0. The van der Waals surface area contributed by atoms with Crippen LogP contribution >= 0.6 is 0 Å². The summed E-state index contributed by atoms with van der Waals surface area (Å²) in [5.74, 6) is -0.0344. The Hall–Kier alpha value is -0.990. The summed E-state index contributed by atoms with van der Waals surface area (Å²) in [6.45, 7) is 3.82. The van der Waals surface area contributed by atoms with Crippen LogP contribution < -0.4 is 0 Å². The molecule has 0 radical (unpaired) electrons. The van der Waals surface area contributed by atoms with Crippen LogP contribution in [0, 0.1) is 0 Å². The molecule has 0 heterocycles. The lowest BCUT2D eigenvalue weighted by Crippen LogP contribution is -2.10. The molecule has 0 bridgehead atoms. The quantitative estimate of drug-likeness (QED) is 0.692. The van der Waals surface area contributed by atoms with E-state index in [-0.39, 0.29) is 5.92 Å². The van der Waals surface area contributed by atoms with Crippen molar-refractivity contribution in [1.29, 1.82) is 0 Å². The minimum absolute atomic E-state index is 0.0344. The minimum atomic E-state index is -4.24. The highest BCUT2D eigenvalue weighted by Gasteiger charge is 2.33. The smallest absolute Gasteiger partial charge is 0.166 e. The second kappa shape index (κ2) is 4.69. The summed E-state index contributed by atoms with van der Waals surface area (Å²) in [5.41, 5.74) is -0.0854. The van der Waals surface area contributed by atoms with Gasteiger partial charge in [0.05, 0.1) is 5.56 Å². The normalized spacial score (nSPS) is 13.9. The van der Waals surface area contributed by atoms with E-state index in [0.717, 1.165) is 18.9 Å². The van der Waals surface area contributed by atoms with Gasteiger partial charge in [-0.15, -0.1) is 0 Å². The van der Waals surface area contributed by atoms with E-state index >= 15 is 0 Å². The highest BCUT2D eigenvalue weighted by Crippen LogP contribution is 2.36. The molecule has 0 aliphatic rings. The lowest BCUT2D eigenvalue weighted by atomic mass is 9.92. The van der Waals surface area contributed by atoms with Crippen LogP contribution in [-0.4, -0.2) is 0 Å². The molecule has 0 aromatic heterocycles. The third-order valence-electron chi connectivity index (χ3n) is 2.52. The third-order valence-corrected chi connectivity index (χ3v) is 2.52. The largest absolute Gasteiger partial charge is 0.416 e. The number of benzene rings is 1. The van der Waals surface area contributed by atoms with Crippen molar-refractivity contribution >= 4 is 0 Å². The average Bonchev–Trinajstić information content (AvgIpc) is 2.17. The predicted octanol–water partition coefficient (Wildman–Crippen LogP) is 4.61. The molecule has 84 valence electrons. The van der Waals surface area contributed by atoms with Gasteiger partial charge >= 0.3 is 6.18 Å². The summed E-state index contributed by atoms with van der Waals surface area (Å²) in [5, 5.41) is 0. The van der Waals surface area contributed by atoms with Gasteiger partial charge in [-0.3, -0.25) is 0 Å². The molecule has 1 aromatic rings. The van der Waals surface area contributed by atoms with Gasteiger partial charge in [-0.05, 0) is 24.0 Å². The van der Waals surface area contributed by atoms with E-state index in [1.807, 2.05) is 13.8 Å². The van der Waals surface area contributed by atoms with Crippen molar-refractivity contribution in [3.05, 3.63) is 35.4 Å². The minimum Gasteiger partial charge on any atom is -0.166 e. The van der Waals surface area contributed by atoms with E-state index in [2.05, 4.69) is 0 Å². The molecule has 0 nitrogen and oxygen atoms in total. The SMILES string of the molecule is CCC[C@@H](C)c1ccccc1C(F)(F)F. The monoisotopic (exact) mass is 216 g/mol. The molecule has 0 unspecified atom stereocenters. The van der Waals surface area contributed by atoms with Crippen LogP contribution in [0.2, 0.25) is 0 Å². The average molecular weight is 216 g/mol. The molecule has 1 atom stereocenters. The summed E-state index contributed by atoms with van der Waals surface area (Å²) in [7, 11) is 0. The van der Waals surface area contributed by atoms with Crippen molar-refractivity contribution in [2.45, 2.75) is 38.8 Å². The summed E-state index contributed by atoms with van der Waals surface area (Å²) >= 11 is 0. The number of halogens is 3. The van der Waals surface area contributed by atoms with Gasteiger partial charge in [0.15, 0.2) is 0 Å². The fourth-order valence-electron chi connectivity index (χ4n) is 1.77. The van der Waals surface area contributed by atoms with E-state index in [4.69, 9.17) is 0 Å². The highest BCUT2D eigenvalue weighted by atomic mass is 19.4. The summed E-state index contributed by atoms with van der Waals surface area (Å²) in [6.07, 6.45) is -2.56. The van der Waals surface area contributed by atoms with E-state index in [9.17, 15) is 13.2 Å². The van der Waals surface area contributed by atoms with Crippen LogP contribution in [0.15, 0.2) is 24.3 Å². The zero-order valence-corrected chi connectivity index (χ0v) is 8.93. The van der Waals surface area contributed by atoms with Crippen molar-refractivity contribution in [1.82, 2.24) is 0 Å². The van der Waals surface area contributed by atoms with E-state index < -0.39 is 11.7 Å². The molecular formula is C12H15F3. The zero-order chi connectivity index (χ0) is 11.5. The highest BCUT2D eigenvalue weighted by molar-refractivity contribution is 5.32. The number of rotatable bonds is 3. The summed E-state index contributed by atoms with van der Waals surface area (Å²) in [6, 6.07) is 5.83. The van der Waals surface area contributed by atoms with Crippen LogP contribution in [0.25, 0.3) is 0 Å². The molecule has 0 fully saturated rings. The van der Waals surface area contributed by atoms with E-state index in [0.29, 0.717) is 5.56 Å². The van der Waals surface area contributed by atoms with Crippen molar-refractivity contribution in [2.75, 3.05) is 0 Å². The van der Waals surface area contributed by atoms with Crippen molar-refractivity contribution in [3.8, 4) is 0 Å². The first-order valence-corrected chi connectivity index (χ1v) is 5.13. The van der Waals surface area contributed by atoms with Crippen molar-refractivity contribution in [2.24, 2.45) is 0 Å². The Kier molecular flexibility index (Phi) is 3.77. The van der Waals surface area contributed by atoms with Crippen molar-refractivity contribution < 1.29 is 13.2 Å². The van der Waals surface area contributed by atoms with Gasteiger partial charge in [-0.25, -0.2) is 0 Å². The number of hydrogen-bond acceptors (Lipinski definition) is 0. The lowest BCUT2D eigenvalue weighted by Gasteiger charge is -2.17. The second-order valence-corrected chi connectivity index (χ2v) is 3.77. The molecule has 0 saturated carbocycles. The van der Waals surface area contributed by atoms with Gasteiger partial charge in [-0.2, -0.15) is 13.2 Å². The predicted molar refractivity (Wildman–Crippen MR) is 54.8 cm³/mol. The Morgan fingerprint density at radius 3 is 2.33 bits per heavy atom. The zero-order valence-electron chi connectivity index (χ0n) is 8.93. The second-order valence-electron chi connectivity index (χ2n) is 3.77. The van der Waals surface area contributed by atoms with E-state index in [1.54, 1.807) is 12.1 Å². The first-order valence-electron chi connectivity index (χ1n) is 5.13.